The normalized spacial score (nSPS) is 11.7. The van der Waals surface area contributed by atoms with Gasteiger partial charge >= 0.3 is 5.97 Å². The molecule has 2 rings (SSSR count). The fourth-order valence-corrected chi connectivity index (χ4v) is 2.15. The highest BCUT2D eigenvalue weighted by Crippen LogP contribution is 2.19. The minimum absolute atomic E-state index is 0.0167. The van der Waals surface area contributed by atoms with Crippen molar-refractivity contribution in [1.29, 1.82) is 0 Å². The molecular weight excluding hydrogens is 314 g/mol. The van der Waals surface area contributed by atoms with Gasteiger partial charge in [-0.3, -0.25) is 9.59 Å². The third kappa shape index (κ3) is 5.51. The Morgan fingerprint density at radius 3 is 2.17 bits per heavy atom. The standard InChI is InChI=1S/C18H18ClNO3/c19-17(20)12-23-18(22)11-10-16(21)15-8-6-14(7-9-15)13-4-2-1-3-5-13/h1-9,17H,10-12,20H2. The van der Waals surface area contributed by atoms with E-state index in [1.807, 2.05) is 42.5 Å². The van der Waals surface area contributed by atoms with Gasteiger partial charge in [-0.1, -0.05) is 54.6 Å². The monoisotopic (exact) mass is 331 g/mol. The smallest absolute Gasteiger partial charge is 0.306 e. The van der Waals surface area contributed by atoms with Crippen LogP contribution >= 0.6 is 11.6 Å². The molecule has 2 aromatic carbocycles. The first-order valence-electron chi connectivity index (χ1n) is 7.30. The summed E-state index contributed by atoms with van der Waals surface area (Å²) >= 11 is 5.48. The van der Waals surface area contributed by atoms with Gasteiger partial charge in [0.05, 0.1) is 6.42 Å². The van der Waals surface area contributed by atoms with Crippen molar-refractivity contribution in [3.63, 3.8) is 0 Å². The summed E-state index contributed by atoms with van der Waals surface area (Å²) in [4.78, 5) is 23.5. The van der Waals surface area contributed by atoms with Crippen LogP contribution in [0.25, 0.3) is 11.1 Å². The van der Waals surface area contributed by atoms with Gasteiger partial charge < -0.3 is 10.5 Å². The molecule has 2 aromatic rings. The van der Waals surface area contributed by atoms with Crippen molar-refractivity contribution in [2.24, 2.45) is 5.73 Å². The van der Waals surface area contributed by atoms with Gasteiger partial charge in [-0.05, 0) is 11.1 Å². The third-order valence-corrected chi connectivity index (χ3v) is 3.40. The van der Waals surface area contributed by atoms with Crippen LogP contribution in [0.1, 0.15) is 23.2 Å². The molecule has 0 bridgehead atoms. The van der Waals surface area contributed by atoms with Crippen molar-refractivity contribution < 1.29 is 14.3 Å². The van der Waals surface area contributed by atoms with E-state index in [4.69, 9.17) is 22.1 Å². The van der Waals surface area contributed by atoms with E-state index in [-0.39, 0.29) is 25.2 Å². The van der Waals surface area contributed by atoms with Gasteiger partial charge in [0.2, 0.25) is 0 Å². The van der Waals surface area contributed by atoms with Crippen LogP contribution in [0.5, 0.6) is 0 Å². The van der Waals surface area contributed by atoms with Gasteiger partial charge in [-0.2, -0.15) is 0 Å². The van der Waals surface area contributed by atoms with Gasteiger partial charge in [0.15, 0.2) is 5.78 Å². The first kappa shape index (κ1) is 17.2. The van der Waals surface area contributed by atoms with Crippen molar-refractivity contribution >= 4 is 23.4 Å². The molecule has 1 atom stereocenters. The lowest BCUT2D eigenvalue weighted by Crippen LogP contribution is -2.21. The zero-order valence-corrected chi connectivity index (χ0v) is 13.3. The fourth-order valence-electron chi connectivity index (χ4n) is 2.08. The number of esters is 1. The molecule has 0 aliphatic heterocycles. The van der Waals surface area contributed by atoms with E-state index in [0.717, 1.165) is 11.1 Å². The van der Waals surface area contributed by atoms with Gasteiger partial charge in [0.25, 0.3) is 0 Å². The number of halogens is 1. The van der Waals surface area contributed by atoms with E-state index in [0.29, 0.717) is 5.56 Å². The Morgan fingerprint density at radius 2 is 1.57 bits per heavy atom. The van der Waals surface area contributed by atoms with Gasteiger partial charge in [-0.25, -0.2) is 0 Å². The number of hydrogen-bond donors (Lipinski definition) is 1. The molecule has 120 valence electrons. The molecule has 0 saturated carbocycles. The van der Waals surface area contributed by atoms with Gasteiger partial charge in [-0.15, -0.1) is 11.6 Å². The summed E-state index contributed by atoms with van der Waals surface area (Å²) in [5.74, 6) is -0.577. The molecular formula is C18H18ClNO3. The summed E-state index contributed by atoms with van der Waals surface area (Å²) in [6.07, 6.45) is 0.115. The number of alkyl halides is 1. The van der Waals surface area contributed by atoms with Gasteiger partial charge in [0, 0.05) is 12.0 Å². The summed E-state index contributed by atoms with van der Waals surface area (Å²) in [5, 5.41) is 0. The second-order valence-electron chi connectivity index (χ2n) is 5.07. The lowest BCUT2D eigenvalue weighted by molar-refractivity contribution is -0.143. The zero-order chi connectivity index (χ0) is 16.7. The number of hydrogen-bond acceptors (Lipinski definition) is 4. The molecule has 0 saturated heterocycles. The topological polar surface area (TPSA) is 69.4 Å². The van der Waals surface area contributed by atoms with E-state index in [1.54, 1.807) is 12.1 Å². The number of rotatable bonds is 7. The maximum atomic E-state index is 12.1. The van der Waals surface area contributed by atoms with E-state index in [1.165, 1.54) is 0 Å². The van der Waals surface area contributed by atoms with E-state index in [2.05, 4.69) is 0 Å². The highest BCUT2D eigenvalue weighted by atomic mass is 35.5. The molecule has 0 heterocycles. The molecule has 0 amide bonds. The molecule has 0 aliphatic rings. The molecule has 23 heavy (non-hydrogen) atoms. The van der Waals surface area contributed by atoms with Crippen LogP contribution in [-0.2, 0) is 9.53 Å². The van der Waals surface area contributed by atoms with Crippen LogP contribution < -0.4 is 5.73 Å². The molecule has 2 N–H and O–H groups in total. The zero-order valence-electron chi connectivity index (χ0n) is 12.6. The molecule has 1 unspecified atom stereocenters. The third-order valence-electron chi connectivity index (χ3n) is 3.27. The van der Waals surface area contributed by atoms with Crippen molar-refractivity contribution in [1.82, 2.24) is 0 Å². The van der Waals surface area contributed by atoms with Crippen LogP contribution in [0.3, 0.4) is 0 Å². The summed E-state index contributed by atoms with van der Waals surface area (Å²) in [6, 6.07) is 17.2. The quantitative estimate of drug-likeness (QED) is 0.365. The number of nitrogens with two attached hydrogens (primary N) is 1. The fraction of sp³-hybridized carbons (Fsp3) is 0.222. The number of carbonyl (C=O) groups is 2. The summed E-state index contributed by atoms with van der Waals surface area (Å²) in [5.41, 5.74) is 7.25. The summed E-state index contributed by atoms with van der Waals surface area (Å²) < 4.78 is 4.82. The Kier molecular flexibility index (Phi) is 6.32. The van der Waals surface area contributed by atoms with Gasteiger partial charge in [0.1, 0.15) is 12.1 Å². The average molecular weight is 332 g/mol. The van der Waals surface area contributed by atoms with E-state index < -0.39 is 11.5 Å². The molecule has 0 aromatic heterocycles. The predicted molar refractivity (Wildman–Crippen MR) is 90.2 cm³/mol. The molecule has 0 aliphatic carbocycles. The summed E-state index contributed by atoms with van der Waals surface area (Å²) in [7, 11) is 0. The molecule has 0 fully saturated rings. The van der Waals surface area contributed by atoms with Crippen molar-refractivity contribution in [2.45, 2.75) is 18.3 Å². The van der Waals surface area contributed by atoms with Crippen molar-refractivity contribution in [3.8, 4) is 11.1 Å². The van der Waals surface area contributed by atoms with E-state index in [9.17, 15) is 9.59 Å². The Hall–Kier alpha value is -2.17. The van der Waals surface area contributed by atoms with Crippen LogP contribution in [0.2, 0.25) is 0 Å². The highest BCUT2D eigenvalue weighted by Gasteiger charge is 2.11. The molecule has 0 radical (unpaired) electrons. The Morgan fingerprint density at radius 1 is 0.957 bits per heavy atom. The van der Waals surface area contributed by atoms with Crippen molar-refractivity contribution in [3.05, 3.63) is 60.2 Å². The maximum absolute atomic E-state index is 12.1. The number of benzene rings is 2. The lowest BCUT2D eigenvalue weighted by Gasteiger charge is -2.06. The number of carbonyl (C=O) groups excluding carboxylic acids is 2. The molecule has 4 nitrogen and oxygen atoms in total. The lowest BCUT2D eigenvalue weighted by atomic mass is 10.0. The molecule has 0 spiro atoms. The Bertz CT molecular complexity index is 654. The maximum Gasteiger partial charge on any atom is 0.306 e. The largest absolute Gasteiger partial charge is 0.463 e. The van der Waals surface area contributed by atoms with Crippen molar-refractivity contribution in [2.75, 3.05) is 6.61 Å². The van der Waals surface area contributed by atoms with Crippen LogP contribution in [-0.4, -0.2) is 23.9 Å². The first-order valence-corrected chi connectivity index (χ1v) is 7.74. The first-order chi connectivity index (χ1) is 11.1. The number of Topliss-reactive ketones (excluding diaryl/α,β-unsaturated/α-hetero) is 1. The minimum atomic E-state index is -0.722. The van der Waals surface area contributed by atoms with E-state index >= 15 is 0 Å². The minimum Gasteiger partial charge on any atom is -0.463 e. The summed E-state index contributed by atoms with van der Waals surface area (Å²) in [6.45, 7) is -0.0552. The van der Waals surface area contributed by atoms with Crippen LogP contribution in [0, 0.1) is 0 Å². The average Bonchev–Trinajstić information content (AvgIpc) is 2.58. The Balaban J connectivity index is 1.89. The SMILES string of the molecule is NC(Cl)COC(=O)CCC(=O)c1ccc(-c2ccccc2)cc1. The number of ketones is 1. The molecule has 5 heteroatoms. The van der Waals surface area contributed by atoms with Crippen LogP contribution in [0.4, 0.5) is 0 Å². The second kappa shape index (κ2) is 8.46. The van der Waals surface area contributed by atoms with Crippen LogP contribution in [0.15, 0.2) is 54.6 Å². The highest BCUT2D eigenvalue weighted by molar-refractivity contribution is 6.20. The second-order valence-corrected chi connectivity index (χ2v) is 5.63. The predicted octanol–water partition coefficient (Wildman–Crippen LogP) is 3.38. The Labute approximate surface area is 140 Å². The number of ether oxygens (including phenoxy) is 1.